The van der Waals surface area contributed by atoms with Gasteiger partial charge in [0.15, 0.2) is 0 Å². The van der Waals surface area contributed by atoms with Crippen molar-refractivity contribution in [1.29, 1.82) is 0 Å². The van der Waals surface area contributed by atoms with E-state index in [1.54, 1.807) is 30.3 Å². The molecule has 0 saturated heterocycles. The maximum atomic E-state index is 12.2. The van der Waals surface area contributed by atoms with E-state index in [9.17, 15) is 21.6 Å². The van der Waals surface area contributed by atoms with Crippen molar-refractivity contribution in [2.45, 2.75) is 24.1 Å². The highest BCUT2D eigenvalue weighted by molar-refractivity contribution is 7.92. The second-order valence-electron chi connectivity index (χ2n) is 3.49. The van der Waals surface area contributed by atoms with Gasteiger partial charge in [-0.25, -0.2) is 8.42 Å². The van der Waals surface area contributed by atoms with Gasteiger partial charge in [-0.15, -0.1) is 0 Å². The van der Waals surface area contributed by atoms with Crippen LogP contribution in [-0.4, -0.2) is 19.2 Å². The smallest absolute Gasteiger partial charge is 0.219 e. The van der Waals surface area contributed by atoms with Crippen LogP contribution in [0.5, 0.6) is 0 Å². The summed E-state index contributed by atoms with van der Waals surface area (Å²) < 4.78 is 58.7. The van der Waals surface area contributed by atoms with Crippen LogP contribution in [0.4, 0.5) is 13.2 Å². The maximum Gasteiger partial charge on any atom is 0.497 e. The van der Waals surface area contributed by atoms with Gasteiger partial charge in [0.25, 0.3) is 9.84 Å². The molecule has 0 spiro atoms. The fourth-order valence-corrected chi connectivity index (χ4v) is 2.15. The zero-order valence-corrected chi connectivity index (χ0v) is 9.35. The lowest BCUT2D eigenvalue weighted by atomic mass is 10.1. The Bertz CT molecular complexity index is 437. The lowest BCUT2D eigenvalue weighted by Gasteiger charge is -2.14. The Kier molecular flexibility index (Phi) is 3.62. The van der Waals surface area contributed by atoms with Crippen LogP contribution in [-0.2, 0) is 16.3 Å². The minimum absolute atomic E-state index is 0.136. The highest BCUT2D eigenvalue weighted by atomic mass is 32.2. The first kappa shape index (κ1) is 13.0. The molecule has 1 rings (SSSR count). The predicted molar refractivity (Wildman–Crippen MR) is 54.6 cm³/mol. The Hall–Kier alpha value is -1.04. The largest absolute Gasteiger partial charge is 0.497 e. The molecule has 0 aliphatic carbocycles. The predicted octanol–water partition coefficient (Wildman–Crippen LogP) is 2.55. The number of rotatable bonds is 3. The molecule has 2 nitrogen and oxygen atoms in total. The topological polar surface area (TPSA) is 34.1 Å². The lowest BCUT2D eigenvalue weighted by molar-refractivity contribution is -0.0443. The first-order valence-electron chi connectivity index (χ1n) is 4.59. The standard InChI is InChI=1S/C10H11F3O2S/c1-8(16(14,15)10(11,12)13)7-9-5-3-2-4-6-9/h2-6,8H,7H2,1H3/t8-/m1/s1. The summed E-state index contributed by atoms with van der Waals surface area (Å²) in [6, 6.07) is 8.22. The van der Waals surface area contributed by atoms with Crippen LogP contribution in [0.3, 0.4) is 0 Å². The molecule has 0 aromatic heterocycles. The zero-order chi connectivity index (χ0) is 12.4. The van der Waals surface area contributed by atoms with Gasteiger partial charge >= 0.3 is 5.51 Å². The Morgan fingerprint density at radius 1 is 1.19 bits per heavy atom. The van der Waals surface area contributed by atoms with Crippen molar-refractivity contribution >= 4 is 9.84 Å². The second-order valence-corrected chi connectivity index (χ2v) is 5.85. The Balaban J connectivity index is 2.86. The minimum atomic E-state index is -5.18. The van der Waals surface area contributed by atoms with E-state index in [-0.39, 0.29) is 6.42 Å². The van der Waals surface area contributed by atoms with E-state index >= 15 is 0 Å². The number of benzene rings is 1. The third kappa shape index (κ3) is 2.75. The van der Waals surface area contributed by atoms with Gasteiger partial charge in [0.2, 0.25) is 0 Å². The van der Waals surface area contributed by atoms with E-state index in [4.69, 9.17) is 0 Å². The van der Waals surface area contributed by atoms with Crippen molar-refractivity contribution in [3.8, 4) is 0 Å². The van der Waals surface area contributed by atoms with Crippen LogP contribution >= 0.6 is 0 Å². The summed E-state index contributed by atoms with van der Waals surface area (Å²) in [6.07, 6.45) is -0.136. The monoisotopic (exact) mass is 252 g/mol. The van der Waals surface area contributed by atoms with Crippen LogP contribution in [0.25, 0.3) is 0 Å². The summed E-state index contributed by atoms with van der Waals surface area (Å²) in [5.41, 5.74) is -4.61. The van der Waals surface area contributed by atoms with Crippen molar-refractivity contribution in [2.75, 3.05) is 0 Å². The van der Waals surface area contributed by atoms with Crippen molar-refractivity contribution in [1.82, 2.24) is 0 Å². The van der Waals surface area contributed by atoms with E-state index in [0.717, 1.165) is 6.92 Å². The fraction of sp³-hybridized carbons (Fsp3) is 0.400. The van der Waals surface area contributed by atoms with E-state index in [1.807, 2.05) is 0 Å². The SMILES string of the molecule is C[C@H](Cc1ccccc1)S(=O)(=O)C(F)(F)F. The third-order valence-corrected chi connectivity index (χ3v) is 4.09. The van der Waals surface area contributed by atoms with Gasteiger partial charge in [-0.2, -0.15) is 13.2 Å². The molecule has 6 heteroatoms. The average molecular weight is 252 g/mol. The molecule has 1 aromatic carbocycles. The van der Waals surface area contributed by atoms with E-state index in [2.05, 4.69) is 0 Å². The van der Waals surface area contributed by atoms with Gasteiger partial charge in [0.1, 0.15) is 0 Å². The molecule has 0 saturated carbocycles. The van der Waals surface area contributed by atoms with Gasteiger partial charge in [-0.05, 0) is 18.9 Å². The molecule has 0 aliphatic heterocycles. The van der Waals surface area contributed by atoms with Crippen LogP contribution < -0.4 is 0 Å². The average Bonchev–Trinajstić information content (AvgIpc) is 2.17. The van der Waals surface area contributed by atoms with E-state index < -0.39 is 20.6 Å². The minimum Gasteiger partial charge on any atom is -0.219 e. The first-order valence-corrected chi connectivity index (χ1v) is 6.14. The number of halogens is 3. The number of alkyl halides is 3. The quantitative estimate of drug-likeness (QED) is 0.828. The molecule has 0 bridgehead atoms. The summed E-state index contributed by atoms with van der Waals surface area (Å²) >= 11 is 0. The molecule has 0 heterocycles. The van der Waals surface area contributed by atoms with E-state index in [0.29, 0.717) is 5.56 Å². The molecule has 16 heavy (non-hydrogen) atoms. The molecule has 0 N–H and O–H groups in total. The number of hydrogen-bond donors (Lipinski definition) is 0. The molecule has 0 radical (unpaired) electrons. The highest BCUT2D eigenvalue weighted by Crippen LogP contribution is 2.28. The molecule has 0 fully saturated rings. The molecular weight excluding hydrogens is 241 g/mol. The summed E-state index contributed by atoms with van der Waals surface area (Å²) in [5, 5.41) is -1.46. The van der Waals surface area contributed by atoms with Crippen LogP contribution in [0.2, 0.25) is 0 Å². The van der Waals surface area contributed by atoms with Gasteiger partial charge in [-0.3, -0.25) is 0 Å². The molecule has 0 unspecified atom stereocenters. The van der Waals surface area contributed by atoms with Crippen molar-refractivity contribution in [2.24, 2.45) is 0 Å². The van der Waals surface area contributed by atoms with E-state index in [1.165, 1.54) is 0 Å². The molecule has 1 aromatic rings. The molecule has 0 amide bonds. The normalized spacial score (nSPS) is 14.8. The summed E-state index contributed by atoms with van der Waals surface area (Å²) in [5.74, 6) is 0. The van der Waals surface area contributed by atoms with Crippen LogP contribution in [0, 0.1) is 0 Å². The fourth-order valence-electron chi connectivity index (χ4n) is 1.28. The van der Waals surface area contributed by atoms with Crippen LogP contribution in [0.15, 0.2) is 30.3 Å². The second kappa shape index (κ2) is 4.45. The van der Waals surface area contributed by atoms with Gasteiger partial charge in [0, 0.05) is 0 Å². The Labute approximate surface area is 92.0 Å². The van der Waals surface area contributed by atoms with Gasteiger partial charge < -0.3 is 0 Å². The van der Waals surface area contributed by atoms with Gasteiger partial charge in [0.05, 0.1) is 5.25 Å². The molecule has 1 atom stereocenters. The maximum absolute atomic E-state index is 12.2. The van der Waals surface area contributed by atoms with Crippen molar-refractivity contribution < 1.29 is 21.6 Å². The zero-order valence-electron chi connectivity index (χ0n) is 8.53. The molecule has 90 valence electrons. The highest BCUT2D eigenvalue weighted by Gasteiger charge is 2.48. The van der Waals surface area contributed by atoms with Crippen molar-refractivity contribution in [3.63, 3.8) is 0 Å². The Morgan fingerprint density at radius 3 is 2.12 bits per heavy atom. The summed E-state index contributed by atoms with van der Waals surface area (Å²) in [4.78, 5) is 0. The number of sulfone groups is 1. The lowest BCUT2D eigenvalue weighted by Crippen LogP contribution is -2.33. The first-order chi connectivity index (χ1) is 7.25. The van der Waals surface area contributed by atoms with Crippen molar-refractivity contribution in [3.05, 3.63) is 35.9 Å². The summed E-state index contributed by atoms with van der Waals surface area (Å²) in [7, 11) is -5.07. The Morgan fingerprint density at radius 2 is 1.69 bits per heavy atom. The third-order valence-electron chi connectivity index (χ3n) is 2.22. The molecular formula is C10H11F3O2S. The molecule has 0 aliphatic rings. The van der Waals surface area contributed by atoms with Crippen LogP contribution in [0.1, 0.15) is 12.5 Å². The number of hydrogen-bond acceptors (Lipinski definition) is 2. The summed E-state index contributed by atoms with van der Waals surface area (Å²) in [6.45, 7) is 1.07. The van der Waals surface area contributed by atoms with Gasteiger partial charge in [-0.1, -0.05) is 30.3 Å².